The summed E-state index contributed by atoms with van der Waals surface area (Å²) in [6.07, 6.45) is 1.17. The highest BCUT2D eigenvalue weighted by molar-refractivity contribution is 7.85. The number of aromatic nitrogens is 1. The van der Waals surface area contributed by atoms with Crippen molar-refractivity contribution in [2.75, 3.05) is 5.75 Å². The summed E-state index contributed by atoms with van der Waals surface area (Å²) in [5.74, 6) is 0.227. The highest BCUT2D eigenvalue weighted by atomic mass is 32.2. The van der Waals surface area contributed by atoms with E-state index in [9.17, 15) is 19.1 Å². The normalized spacial score (nSPS) is 12.0. The summed E-state index contributed by atoms with van der Waals surface area (Å²) in [4.78, 5) is 22.3. The van der Waals surface area contributed by atoms with Crippen molar-refractivity contribution in [2.24, 2.45) is 0 Å². The van der Waals surface area contributed by atoms with Crippen molar-refractivity contribution in [3.63, 3.8) is 0 Å². The number of nitro groups is 1. The van der Waals surface area contributed by atoms with E-state index < -0.39 is 15.7 Å². The molecule has 2 aromatic rings. The molecule has 1 aromatic carbocycles. The summed E-state index contributed by atoms with van der Waals surface area (Å²) in [6, 6.07) is 11.2. The van der Waals surface area contributed by atoms with Crippen LogP contribution in [0.5, 0.6) is 0 Å². The van der Waals surface area contributed by atoms with Crippen molar-refractivity contribution in [3.8, 4) is 0 Å². The van der Waals surface area contributed by atoms with E-state index in [-0.39, 0.29) is 23.5 Å². The summed E-state index contributed by atoms with van der Waals surface area (Å²) in [5.41, 5.74) is -0.504. The Kier molecular flexibility index (Phi) is 4.41. The van der Waals surface area contributed by atoms with Gasteiger partial charge in [-0.25, -0.2) is 0 Å². The van der Waals surface area contributed by atoms with Crippen LogP contribution in [-0.2, 0) is 17.3 Å². The van der Waals surface area contributed by atoms with Crippen LogP contribution < -0.4 is 5.56 Å². The molecule has 0 amide bonds. The summed E-state index contributed by atoms with van der Waals surface area (Å²) in [6.45, 7) is 0.169. The number of benzene rings is 1. The molecule has 0 unspecified atom stereocenters. The third-order valence-electron chi connectivity index (χ3n) is 2.70. The van der Waals surface area contributed by atoms with E-state index in [2.05, 4.69) is 0 Å². The van der Waals surface area contributed by atoms with Gasteiger partial charge in [0, 0.05) is 29.3 Å². The predicted octanol–water partition coefficient (Wildman–Crippen LogP) is 1.56. The van der Waals surface area contributed by atoms with E-state index in [0.717, 1.165) is 12.1 Å². The van der Waals surface area contributed by atoms with Crippen LogP contribution in [0.25, 0.3) is 0 Å². The van der Waals surface area contributed by atoms with Gasteiger partial charge >= 0.3 is 0 Å². The fourth-order valence-electron chi connectivity index (χ4n) is 1.67. The highest BCUT2D eigenvalue weighted by Gasteiger charge is 2.09. The molecule has 0 aliphatic heterocycles. The van der Waals surface area contributed by atoms with Crippen molar-refractivity contribution in [1.29, 1.82) is 0 Å². The summed E-state index contributed by atoms with van der Waals surface area (Å²) >= 11 is 0. The second kappa shape index (κ2) is 6.25. The lowest BCUT2D eigenvalue weighted by Crippen LogP contribution is -2.21. The van der Waals surface area contributed by atoms with Crippen molar-refractivity contribution in [3.05, 3.63) is 69.1 Å². The van der Waals surface area contributed by atoms with E-state index >= 15 is 0 Å². The van der Waals surface area contributed by atoms with Gasteiger partial charge in [-0.15, -0.1) is 0 Å². The zero-order valence-electron chi connectivity index (χ0n) is 10.5. The Labute approximate surface area is 117 Å². The second-order valence-electron chi connectivity index (χ2n) is 4.04. The number of pyridine rings is 1. The standard InChI is InChI=1S/C13H12N2O4S/c16-13-7-6-11(15(17)18)10-14(13)8-9-20(19)12-4-2-1-3-5-12/h1-7,10H,8-9H2/t20-/m1/s1. The Morgan fingerprint density at radius 1 is 1.15 bits per heavy atom. The molecule has 0 spiro atoms. The third-order valence-corrected chi connectivity index (χ3v) is 4.05. The minimum Gasteiger partial charge on any atom is -0.308 e. The Bertz CT molecular complexity index is 697. The fourth-order valence-corrected chi connectivity index (χ4v) is 2.73. The smallest absolute Gasteiger partial charge is 0.285 e. The SMILES string of the molecule is O=c1ccc([N+](=O)[O-])cn1CC[S@@](=O)c1ccccc1. The molecule has 0 aliphatic carbocycles. The first kappa shape index (κ1) is 14.1. The highest BCUT2D eigenvalue weighted by Crippen LogP contribution is 2.08. The van der Waals surface area contributed by atoms with E-state index in [0.29, 0.717) is 4.90 Å². The molecule has 0 aliphatic rings. The van der Waals surface area contributed by atoms with E-state index in [1.165, 1.54) is 10.8 Å². The van der Waals surface area contributed by atoms with Crippen LogP contribution in [-0.4, -0.2) is 19.5 Å². The van der Waals surface area contributed by atoms with Gasteiger partial charge in [0.05, 0.1) is 21.9 Å². The predicted molar refractivity (Wildman–Crippen MR) is 75.1 cm³/mol. The summed E-state index contributed by atoms with van der Waals surface area (Å²) in [7, 11) is -1.24. The van der Waals surface area contributed by atoms with Gasteiger partial charge < -0.3 is 4.57 Å². The van der Waals surface area contributed by atoms with Crippen LogP contribution in [0.15, 0.2) is 58.4 Å². The van der Waals surface area contributed by atoms with Crippen LogP contribution in [0.3, 0.4) is 0 Å². The average molecular weight is 292 g/mol. The van der Waals surface area contributed by atoms with Gasteiger partial charge in [-0.3, -0.25) is 19.1 Å². The van der Waals surface area contributed by atoms with Gasteiger partial charge in [0.2, 0.25) is 0 Å². The molecule has 20 heavy (non-hydrogen) atoms. The van der Waals surface area contributed by atoms with Gasteiger partial charge in [0.15, 0.2) is 0 Å². The molecule has 6 nitrogen and oxygen atoms in total. The van der Waals surface area contributed by atoms with E-state index in [1.54, 1.807) is 24.3 Å². The fraction of sp³-hybridized carbons (Fsp3) is 0.154. The first-order valence-electron chi connectivity index (χ1n) is 5.86. The lowest BCUT2D eigenvalue weighted by Gasteiger charge is -2.05. The van der Waals surface area contributed by atoms with Crippen LogP contribution >= 0.6 is 0 Å². The molecule has 0 N–H and O–H groups in total. The van der Waals surface area contributed by atoms with Crippen LogP contribution in [0, 0.1) is 10.1 Å². The van der Waals surface area contributed by atoms with E-state index in [1.807, 2.05) is 6.07 Å². The van der Waals surface area contributed by atoms with Crippen LogP contribution in [0.2, 0.25) is 0 Å². The molecule has 1 aromatic heterocycles. The Hall–Kier alpha value is -2.28. The van der Waals surface area contributed by atoms with Gasteiger partial charge in [-0.2, -0.15) is 0 Å². The monoisotopic (exact) mass is 292 g/mol. The van der Waals surface area contributed by atoms with Gasteiger partial charge in [-0.05, 0) is 12.1 Å². The molecule has 1 atom stereocenters. The molecule has 7 heteroatoms. The summed E-state index contributed by atoms with van der Waals surface area (Å²) < 4.78 is 13.2. The maximum absolute atomic E-state index is 12.0. The van der Waals surface area contributed by atoms with Gasteiger partial charge in [0.25, 0.3) is 11.2 Å². The third kappa shape index (κ3) is 3.39. The molecular formula is C13H12N2O4S. The van der Waals surface area contributed by atoms with Crippen LogP contribution in [0.4, 0.5) is 5.69 Å². The Morgan fingerprint density at radius 3 is 2.50 bits per heavy atom. The molecule has 0 bridgehead atoms. The van der Waals surface area contributed by atoms with Crippen molar-refractivity contribution >= 4 is 16.5 Å². The minimum atomic E-state index is -1.24. The first-order chi connectivity index (χ1) is 9.58. The minimum absolute atomic E-state index is 0.157. The lowest BCUT2D eigenvalue weighted by molar-refractivity contribution is -0.385. The number of rotatable bonds is 5. The van der Waals surface area contributed by atoms with Crippen molar-refractivity contribution < 1.29 is 9.13 Å². The number of aryl methyl sites for hydroxylation is 1. The molecule has 0 saturated heterocycles. The topological polar surface area (TPSA) is 82.2 Å². The zero-order chi connectivity index (χ0) is 14.5. The lowest BCUT2D eigenvalue weighted by atomic mass is 10.4. The number of nitrogens with zero attached hydrogens (tertiary/aromatic N) is 2. The maximum Gasteiger partial charge on any atom is 0.285 e. The van der Waals surface area contributed by atoms with Gasteiger partial charge in [0.1, 0.15) is 0 Å². The van der Waals surface area contributed by atoms with Crippen LogP contribution in [0.1, 0.15) is 0 Å². The molecule has 0 radical (unpaired) electrons. The Morgan fingerprint density at radius 2 is 1.85 bits per heavy atom. The first-order valence-corrected chi connectivity index (χ1v) is 7.18. The molecule has 0 fully saturated rings. The van der Waals surface area contributed by atoms with Gasteiger partial charge in [-0.1, -0.05) is 18.2 Å². The zero-order valence-corrected chi connectivity index (χ0v) is 11.3. The quantitative estimate of drug-likeness (QED) is 0.618. The number of hydrogen-bond donors (Lipinski definition) is 0. The molecule has 0 saturated carbocycles. The van der Waals surface area contributed by atoms with Crippen molar-refractivity contribution in [2.45, 2.75) is 11.4 Å². The molecule has 1 heterocycles. The average Bonchev–Trinajstić information content (AvgIpc) is 2.46. The Balaban J connectivity index is 2.11. The maximum atomic E-state index is 12.0. The molecule has 104 valence electrons. The number of hydrogen-bond acceptors (Lipinski definition) is 4. The van der Waals surface area contributed by atoms with Crippen molar-refractivity contribution in [1.82, 2.24) is 4.57 Å². The van der Waals surface area contributed by atoms with E-state index in [4.69, 9.17) is 0 Å². The largest absolute Gasteiger partial charge is 0.308 e. The molecular weight excluding hydrogens is 280 g/mol. The second-order valence-corrected chi connectivity index (χ2v) is 5.61. The molecule has 2 rings (SSSR count). The summed E-state index contributed by atoms with van der Waals surface area (Å²) in [5, 5.41) is 10.7.